The van der Waals surface area contributed by atoms with Crippen LogP contribution < -0.4 is 5.32 Å². The number of carbonyl (C=O) groups is 1. The summed E-state index contributed by atoms with van der Waals surface area (Å²) in [5, 5.41) is 3.06. The van der Waals surface area contributed by atoms with Gasteiger partial charge in [-0.2, -0.15) is 13.2 Å². The number of likely N-dealkylation sites (tertiary alicyclic amines) is 1. The summed E-state index contributed by atoms with van der Waals surface area (Å²) in [6.45, 7) is 4.49. The van der Waals surface area contributed by atoms with Crippen molar-refractivity contribution in [3.63, 3.8) is 0 Å². The fourth-order valence-electron chi connectivity index (χ4n) is 4.41. The molecule has 1 aliphatic rings. The Morgan fingerprint density at radius 1 is 1.17 bits per heavy atom. The van der Waals surface area contributed by atoms with E-state index in [1.54, 1.807) is 24.0 Å². The van der Waals surface area contributed by atoms with Gasteiger partial charge in [-0.25, -0.2) is 19.3 Å². The zero-order valence-corrected chi connectivity index (χ0v) is 19.3. The van der Waals surface area contributed by atoms with Crippen molar-refractivity contribution in [2.75, 3.05) is 18.4 Å². The Morgan fingerprint density at radius 2 is 1.91 bits per heavy atom. The molecule has 3 aromatic rings. The van der Waals surface area contributed by atoms with Gasteiger partial charge in [0.15, 0.2) is 5.82 Å². The molecule has 4 rings (SSSR count). The third-order valence-corrected chi connectivity index (χ3v) is 6.21. The van der Waals surface area contributed by atoms with Crippen molar-refractivity contribution in [1.82, 2.24) is 19.9 Å². The number of hydrogen-bond acceptors (Lipinski definition) is 5. The Morgan fingerprint density at radius 3 is 2.57 bits per heavy atom. The second-order valence-electron chi connectivity index (χ2n) is 8.74. The number of benzene rings is 1. The van der Waals surface area contributed by atoms with E-state index in [2.05, 4.69) is 20.3 Å². The predicted molar refractivity (Wildman–Crippen MR) is 123 cm³/mol. The van der Waals surface area contributed by atoms with E-state index in [1.165, 1.54) is 24.5 Å². The van der Waals surface area contributed by atoms with E-state index in [0.29, 0.717) is 12.1 Å². The molecule has 2 unspecified atom stereocenters. The number of anilines is 1. The summed E-state index contributed by atoms with van der Waals surface area (Å²) in [6, 6.07) is 6.55. The molecule has 0 spiro atoms. The number of aromatic nitrogens is 3. The van der Waals surface area contributed by atoms with E-state index in [-0.39, 0.29) is 47.2 Å². The Balaban J connectivity index is 1.60. The topological polar surface area (TPSA) is 71.0 Å². The predicted octanol–water partition coefficient (Wildman–Crippen LogP) is 5.36. The Hall–Kier alpha value is -3.56. The van der Waals surface area contributed by atoms with Crippen LogP contribution in [-0.2, 0) is 6.18 Å². The van der Waals surface area contributed by atoms with Crippen LogP contribution >= 0.6 is 0 Å². The number of nitrogens with one attached hydrogen (secondary N) is 1. The van der Waals surface area contributed by atoms with E-state index in [1.807, 2.05) is 6.92 Å². The number of piperidine rings is 1. The number of aryl methyl sites for hydroxylation is 1. The molecule has 1 fully saturated rings. The molecule has 1 saturated heterocycles. The smallest absolute Gasteiger partial charge is 0.368 e. The minimum Gasteiger partial charge on any atom is -0.368 e. The molecule has 2 aromatic heterocycles. The maximum atomic E-state index is 15.0. The number of halogens is 4. The highest BCUT2D eigenvalue weighted by Gasteiger charge is 2.35. The molecule has 1 N–H and O–H groups in total. The number of nitrogens with zero attached hydrogens (tertiary/aromatic N) is 4. The van der Waals surface area contributed by atoms with Crippen molar-refractivity contribution in [3.05, 3.63) is 71.4 Å². The standard InChI is InChI=1S/C25H25F4N5O/c1-15-11-18(22(19(26)12-15)23-30-8-4-9-31-23)24(35)34-10-3-5-16(2)20(34)14-33-21-7-6-17(13-32-21)25(27,28)29/h4,6-9,11-13,16,20H,3,5,10,14H2,1-2H3,(H,32,33). The molecule has 184 valence electrons. The van der Waals surface area contributed by atoms with E-state index in [0.717, 1.165) is 25.1 Å². The lowest BCUT2D eigenvalue weighted by molar-refractivity contribution is -0.137. The molecule has 3 heterocycles. The Labute approximate surface area is 200 Å². The maximum absolute atomic E-state index is 15.0. The molecule has 1 aliphatic heterocycles. The lowest BCUT2D eigenvalue weighted by atomic mass is 9.89. The van der Waals surface area contributed by atoms with Crippen molar-refractivity contribution < 1.29 is 22.4 Å². The summed E-state index contributed by atoms with van der Waals surface area (Å²) in [6.07, 6.45) is 0.958. The number of rotatable bonds is 5. The fourth-order valence-corrected chi connectivity index (χ4v) is 4.41. The lowest BCUT2D eigenvalue weighted by Crippen LogP contribution is -2.51. The molecular formula is C25H25F4N5O. The first-order valence-corrected chi connectivity index (χ1v) is 11.3. The van der Waals surface area contributed by atoms with Gasteiger partial charge in [0, 0.05) is 31.7 Å². The fraction of sp³-hybridized carbons (Fsp3) is 0.360. The van der Waals surface area contributed by atoms with Crippen molar-refractivity contribution in [1.29, 1.82) is 0 Å². The highest BCUT2D eigenvalue weighted by Crippen LogP contribution is 2.31. The molecular weight excluding hydrogens is 462 g/mol. The monoisotopic (exact) mass is 487 g/mol. The van der Waals surface area contributed by atoms with Crippen LogP contribution in [0.3, 0.4) is 0 Å². The van der Waals surface area contributed by atoms with Crippen LogP contribution in [0.2, 0.25) is 0 Å². The largest absolute Gasteiger partial charge is 0.417 e. The number of alkyl halides is 3. The Bertz CT molecular complexity index is 1180. The molecule has 35 heavy (non-hydrogen) atoms. The molecule has 0 aliphatic carbocycles. The zero-order valence-electron chi connectivity index (χ0n) is 19.3. The van der Waals surface area contributed by atoms with Gasteiger partial charge in [0.05, 0.1) is 22.7 Å². The summed E-state index contributed by atoms with van der Waals surface area (Å²) in [4.78, 5) is 27.6. The number of amides is 1. The normalized spacial score (nSPS) is 18.4. The molecule has 1 amide bonds. The van der Waals surface area contributed by atoms with Gasteiger partial charge in [-0.15, -0.1) is 0 Å². The third kappa shape index (κ3) is 5.41. The molecule has 0 radical (unpaired) electrons. The second kappa shape index (κ2) is 9.97. The highest BCUT2D eigenvalue weighted by atomic mass is 19.4. The molecule has 1 aromatic carbocycles. The highest BCUT2D eigenvalue weighted by molar-refractivity contribution is 6.00. The van der Waals surface area contributed by atoms with Crippen molar-refractivity contribution >= 4 is 11.7 Å². The quantitative estimate of drug-likeness (QED) is 0.491. The van der Waals surface area contributed by atoms with Crippen LogP contribution in [0.5, 0.6) is 0 Å². The van der Waals surface area contributed by atoms with Crippen LogP contribution in [0.15, 0.2) is 48.9 Å². The maximum Gasteiger partial charge on any atom is 0.417 e. The van der Waals surface area contributed by atoms with E-state index >= 15 is 4.39 Å². The first-order valence-electron chi connectivity index (χ1n) is 11.3. The van der Waals surface area contributed by atoms with Crippen LogP contribution in [-0.4, -0.2) is 44.9 Å². The van der Waals surface area contributed by atoms with Crippen molar-refractivity contribution in [2.45, 2.75) is 38.9 Å². The number of hydrogen-bond donors (Lipinski definition) is 1. The second-order valence-corrected chi connectivity index (χ2v) is 8.74. The van der Waals surface area contributed by atoms with Crippen LogP contribution in [0, 0.1) is 18.7 Å². The van der Waals surface area contributed by atoms with Crippen LogP contribution in [0.4, 0.5) is 23.4 Å². The van der Waals surface area contributed by atoms with Gasteiger partial charge in [-0.1, -0.05) is 6.92 Å². The van der Waals surface area contributed by atoms with Gasteiger partial charge >= 0.3 is 6.18 Å². The molecule has 0 bridgehead atoms. The van der Waals surface area contributed by atoms with Crippen molar-refractivity contribution in [2.24, 2.45) is 5.92 Å². The van der Waals surface area contributed by atoms with Gasteiger partial charge in [-0.3, -0.25) is 4.79 Å². The lowest BCUT2D eigenvalue weighted by Gasteiger charge is -2.40. The third-order valence-electron chi connectivity index (χ3n) is 6.21. The average Bonchev–Trinajstić information content (AvgIpc) is 2.82. The summed E-state index contributed by atoms with van der Waals surface area (Å²) >= 11 is 0. The minimum absolute atomic E-state index is 0.0514. The van der Waals surface area contributed by atoms with Gasteiger partial charge < -0.3 is 10.2 Å². The minimum atomic E-state index is -4.46. The SMILES string of the molecule is Cc1cc(F)c(-c2ncccn2)c(C(=O)N2CCCC(C)C2CNc2ccc(C(F)(F)F)cn2)c1. The molecule has 10 heteroatoms. The summed E-state index contributed by atoms with van der Waals surface area (Å²) in [5.74, 6) is -0.395. The van der Waals surface area contributed by atoms with Gasteiger partial charge in [-0.05, 0) is 61.6 Å². The van der Waals surface area contributed by atoms with E-state index in [9.17, 15) is 18.0 Å². The van der Waals surface area contributed by atoms with Gasteiger partial charge in [0.1, 0.15) is 11.6 Å². The first kappa shape index (κ1) is 24.6. The Kier molecular flexibility index (Phi) is 7.00. The zero-order chi connectivity index (χ0) is 25.2. The molecule has 0 saturated carbocycles. The first-order chi connectivity index (χ1) is 16.6. The van der Waals surface area contributed by atoms with Gasteiger partial charge in [0.2, 0.25) is 0 Å². The number of carbonyl (C=O) groups excluding carboxylic acids is 1. The van der Waals surface area contributed by atoms with E-state index < -0.39 is 17.6 Å². The van der Waals surface area contributed by atoms with Crippen LogP contribution in [0.25, 0.3) is 11.4 Å². The summed E-state index contributed by atoms with van der Waals surface area (Å²) < 4.78 is 53.5. The molecule has 2 atom stereocenters. The van der Waals surface area contributed by atoms with Crippen LogP contribution in [0.1, 0.15) is 41.3 Å². The molecule has 6 nitrogen and oxygen atoms in total. The van der Waals surface area contributed by atoms with Gasteiger partial charge in [0.25, 0.3) is 5.91 Å². The average molecular weight is 488 g/mol. The van der Waals surface area contributed by atoms with E-state index in [4.69, 9.17) is 0 Å². The number of pyridine rings is 1. The summed E-state index contributed by atoms with van der Waals surface area (Å²) in [7, 11) is 0. The summed E-state index contributed by atoms with van der Waals surface area (Å²) in [5.41, 5.74) is -0.00163. The van der Waals surface area contributed by atoms with Crippen molar-refractivity contribution in [3.8, 4) is 11.4 Å².